The van der Waals surface area contributed by atoms with Crippen LogP contribution in [0.3, 0.4) is 0 Å². The Labute approximate surface area is 111 Å². The molecule has 3 heteroatoms. The number of pyridine rings is 2. The molecule has 0 aliphatic rings. The largest absolute Gasteiger partial charge is 0.288 e. The number of aromatic nitrogens is 2. The Bertz CT molecular complexity index is 765. The van der Waals surface area contributed by atoms with Gasteiger partial charge in [-0.3, -0.25) is 14.8 Å². The lowest BCUT2D eigenvalue weighted by Crippen LogP contribution is -2.05. The smallest absolute Gasteiger partial charge is 0.196 e. The lowest BCUT2D eigenvalue weighted by molar-refractivity contribution is 0.103. The van der Waals surface area contributed by atoms with Crippen molar-refractivity contribution in [2.75, 3.05) is 0 Å². The molecule has 3 rings (SSSR count). The third-order valence-electron chi connectivity index (χ3n) is 3.10. The van der Waals surface area contributed by atoms with Gasteiger partial charge < -0.3 is 0 Å². The molecule has 1 aromatic carbocycles. The number of carbonyl (C=O) groups excluding carboxylic acids is 1. The molecule has 19 heavy (non-hydrogen) atoms. The minimum Gasteiger partial charge on any atom is -0.288 e. The van der Waals surface area contributed by atoms with Gasteiger partial charge in [-0.2, -0.15) is 0 Å². The van der Waals surface area contributed by atoms with E-state index in [-0.39, 0.29) is 5.78 Å². The molecule has 0 N–H and O–H groups in total. The SMILES string of the molecule is Cc1ncccc1C(=O)c1cnc2ccccc2c1. The number of hydrogen-bond acceptors (Lipinski definition) is 3. The second-order valence-electron chi connectivity index (χ2n) is 4.38. The molecule has 0 aliphatic carbocycles. The van der Waals surface area contributed by atoms with Crippen LogP contribution in [0.4, 0.5) is 0 Å². The summed E-state index contributed by atoms with van der Waals surface area (Å²) in [5.74, 6) is -0.0381. The molecule has 2 heterocycles. The molecule has 0 unspecified atom stereocenters. The molecule has 3 nitrogen and oxygen atoms in total. The van der Waals surface area contributed by atoms with Gasteiger partial charge in [0, 0.05) is 34.6 Å². The van der Waals surface area contributed by atoms with E-state index in [0.717, 1.165) is 16.6 Å². The van der Waals surface area contributed by atoms with Crippen LogP contribution in [0, 0.1) is 6.92 Å². The quantitative estimate of drug-likeness (QED) is 0.654. The van der Waals surface area contributed by atoms with Crippen LogP contribution >= 0.6 is 0 Å². The summed E-state index contributed by atoms with van der Waals surface area (Å²) in [6.07, 6.45) is 3.31. The highest BCUT2D eigenvalue weighted by Crippen LogP contribution is 2.16. The van der Waals surface area contributed by atoms with Crippen molar-refractivity contribution in [3.05, 3.63) is 71.7 Å². The van der Waals surface area contributed by atoms with Crippen LogP contribution in [-0.2, 0) is 0 Å². The van der Waals surface area contributed by atoms with Gasteiger partial charge in [-0.15, -0.1) is 0 Å². The Balaban J connectivity index is 2.09. The summed E-state index contributed by atoms with van der Waals surface area (Å²) in [6.45, 7) is 1.84. The van der Waals surface area contributed by atoms with Crippen molar-refractivity contribution in [3.63, 3.8) is 0 Å². The van der Waals surface area contributed by atoms with Crippen molar-refractivity contribution in [1.82, 2.24) is 9.97 Å². The lowest BCUT2D eigenvalue weighted by atomic mass is 10.0. The van der Waals surface area contributed by atoms with E-state index in [1.807, 2.05) is 37.3 Å². The predicted octanol–water partition coefficient (Wildman–Crippen LogP) is 3.17. The molecule has 0 fully saturated rings. The molecule has 0 atom stereocenters. The molecule has 0 saturated heterocycles. The average molecular weight is 248 g/mol. The summed E-state index contributed by atoms with van der Waals surface area (Å²) >= 11 is 0. The van der Waals surface area contributed by atoms with Gasteiger partial charge in [0.15, 0.2) is 5.78 Å². The molecule has 0 amide bonds. The summed E-state index contributed by atoms with van der Waals surface area (Å²) in [5.41, 5.74) is 2.84. The van der Waals surface area contributed by atoms with Gasteiger partial charge in [-0.1, -0.05) is 18.2 Å². The van der Waals surface area contributed by atoms with Crippen molar-refractivity contribution >= 4 is 16.7 Å². The second kappa shape index (κ2) is 4.61. The Morgan fingerprint density at radius 2 is 1.89 bits per heavy atom. The lowest BCUT2D eigenvalue weighted by Gasteiger charge is -2.04. The summed E-state index contributed by atoms with van der Waals surface area (Å²) in [4.78, 5) is 20.9. The van der Waals surface area contributed by atoms with Crippen LogP contribution in [0.15, 0.2) is 54.9 Å². The van der Waals surface area contributed by atoms with E-state index < -0.39 is 0 Å². The predicted molar refractivity (Wildman–Crippen MR) is 74.1 cm³/mol. The van der Waals surface area contributed by atoms with Crippen LogP contribution in [0.2, 0.25) is 0 Å². The van der Waals surface area contributed by atoms with Crippen molar-refractivity contribution in [3.8, 4) is 0 Å². The molecule has 0 spiro atoms. The van der Waals surface area contributed by atoms with E-state index in [4.69, 9.17) is 0 Å². The third-order valence-corrected chi connectivity index (χ3v) is 3.10. The molecule has 92 valence electrons. The molecule has 0 aliphatic heterocycles. The Hall–Kier alpha value is -2.55. The number of ketones is 1. The van der Waals surface area contributed by atoms with Crippen molar-refractivity contribution in [2.24, 2.45) is 0 Å². The minimum absolute atomic E-state index is 0.0381. The number of benzene rings is 1. The number of nitrogens with zero attached hydrogens (tertiary/aromatic N) is 2. The van der Waals surface area contributed by atoms with Gasteiger partial charge in [0.2, 0.25) is 0 Å². The molecular formula is C16H12N2O. The molecule has 2 aromatic heterocycles. The highest BCUT2D eigenvalue weighted by molar-refractivity contribution is 6.10. The van der Waals surface area contributed by atoms with Crippen LogP contribution in [-0.4, -0.2) is 15.8 Å². The van der Waals surface area contributed by atoms with E-state index in [2.05, 4.69) is 9.97 Å². The maximum Gasteiger partial charge on any atom is 0.196 e. The summed E-state index contributed by atoms with van der Waals surface area (Å²) < 4.78 is 0. The maximum absolute atomic E-state index is 12.4. The third kappa shape index (κ3) is 2.10. The van der Waals surface area contributed by atoms with Crippen molar-refractivity contribution in [1.29, 1.82) is 0 Å². The van der Waals surface area contributed by atoms with Gasteiger partial charge in [-0.25, -0.2) is 0 Å². The maximum atomic E-state index is 12.4. The standard InChI is InChI=1S/C16H12N2O/c1-11-14(6-4-8-17-11)16(19)13-9-12-5-2-3-7-15(12)18-10-13/h2-10H,1H3. The van der Waals surface area contributed by atoms with Gasteiger partial charge >= 0.3 is 0 Å². The van der Waals surface area contributed by atoms with E-state index in [1.54, 1.807) is 24.5 Å². The van der Waals surface area contributed by atoms with Crippen LogP contribution in [0.1, 0.15) is 21.6 Å². The normalized spacial score (nSPS) is 10.6. The zero-order chi connectivity index (χ0) is 13.2. The van der Waals surface area contributed by atoms with E-state index in [9.17, 15) is 4.79 Å². The molecular weight excluding hydrogens is 236 g/mol. The minimum atomic E-state index is -0.0381. The Kier molecular flexibility index (Phi) is 2.80. The molecule has 0 bridgehead atoms. The van der Waals surface area contributed by atoms with Gasteiger partial charge in [0.1, 0.15) is 0 Å². The fourth-order valence-electron chi connectivity index (χ4n) is 2.07. The first-order valence-corrected chi connectivity index (χ1v) is 6.07. The van der Waals surface area contributed by atoms with E-state index in [0.29, 0.717) is 11.1 Å². The number of rotatable bonds is 2. The number of fused-ring (bicyclic) bond motifs is 1. The first-order valence-electron chi connectivity index (χ1n) is 6.07. The van der Waals surface area contributed by atoms with Gasteiger partial charge in [0.05, 0.1) is 5.52 Å². The number of para-hydroxylation sites is 1. The summed E-state index contributed by atoms with van der Waals surface area (Å²) in [6, 6.07) is 13.2. The second-order valence-corrected chi connectivity index (χ2v) is 4.38. The van der Waals surface area contributed by atoms with Gasteiger partial charge in [0.25, 0.3) is 0 Å². The summed E-state index contributed by atoms with van der Waals surface area (Å²) in [7, 11) is 0. The zero-order valence-electron chi connectivity index (χ0n) is 10.5. The zero-order valence-corrected chi connectivity index (χ0v) is 10.5. The van der Waals surface area contributed by atoms with Crippen LogP contribution in [0.5, 0.6) is 0 Å². The van der Waals surface area contributed by atoms with E-state index >= 15 is 0 Å². The fourth-order valence-corrected chi connectivity index (χ4v) is 2.07. The van der Waals surface area contributed by atoms with Crippen LogP contribution in [0.25, 0.3) is 10.9 Å². The highest BCUT2D eigenvalue weighted by atomic mass is 16.1. The first-order chi connectivity index (χ1) is 9.25. The average Bonchev–Trinajstić information content (AvgIpc) is 2.46. The topological polar surface area (TPSA) is 42.9 Å². The van der Waals surface area contributed by atoms with Crippen molar-refractivity contribution in [2.45, 2.75) is 6.92 Å². The highest BCUT2D eigenvalue weighted by Gasteiger charge is 2.12. The fraction of sp³-hybridized carbons (Fsp3) is 0.0625. The van der Waals surface area contributed by atoms with Crippen molar-refractivity contribution < 1.29 is 4.79 Å². The number of aryl methyl sites for hydroxylation is 1. The van der Waals surface area contributed by atoms with Gasteiger partial charge in [-0.05, 0) is 31.2 Å². The molecule has 0 radical (unpaired) electrons. The number of carbonyl (C=O) groups is 1. The Morgan fingerprint density at radius 3 is 2.74 bits per heavy atom. The summed E-state index contributed by atoms with van der Waals surface area (Å²) in [5, 5.41) is 0.967. The number of hydrogen-bond donors (Lipinski definition) is 0. The van der Waals surface area contributed by atoms with E-state index in [1.165, 1.54) is 0 Å². The molecule has 3 aromatic rings. The Morgan fingerprint density at radius 1 is 1.05 bits per heavy atom. The first kappa shape index (κ1) is 11.5. The van der Waals surface area contributed by atoms with Crippen LogP contribution < -0.4 is 0 Å². The monoisotopic (exact) mass is 248 g/mol. The molecule has 0 saturated carbocycles.